The monoisotopic (exact) mass is 378 g/mol. The largest absolute Gasteiger partial charge is 0.481 e. The van der Waals surface area contributed by atoms with Gasteiger partial charge in [-0.3, -0.25) is 9.78 Å². The molecule has 0 fully saturated rings. The predicted octanol–water partition coefficient (Wildman–Crippen LogP) is 4.51. The number of benzene rings is 1. The van der Waals surface area contributed by atoms with Gasteiger partial charge in [0.15, 0.2) is 0 Å². The Morgan fingerprint density at radius 3 is 2.54 bits per heavy atom. The summed E-state index contributed by atoms with van der Waals surface area (Å²) in [6.07, 6.45) is 4.19. The van der Waals surface area contributed by atoms with Gasteiger partial charge in [-0.1, -0.05) is 45.0 Å². The third-order valence-corrected chi connectivity index (χ3v) is 4.56. The van der Waals surface area contributed by atoms with Gasteiger partial charge >= 0.3 is 5.97 Å². The Bertz CT molecular complexity index is 940. The first-order valence-electron chi connectivity index (χ1n) is 9.42. The van der Waals surface area contributed by atoms with E-state index >= 15 is 0 Å². The first-order valence-corrected chi connectivity index (χ1v) is 9.42. The van der Waals surface area contributed by atoms with Crippen molar-refractivity contribution in [3.63, 3.8) is 0 Å². The van der Waals surface area contributed by atoms with Crippen LogP contribution in [-0.2, 0) is 10.2 Å². The molecular formula is C22H26N4O2. The second kappa shape index (κ2) is 8.25. The third kappa shape index (κ3) is 4.57. The number of carbonyl (C=O) groups is 1. The second-order valence-corrected chi connectivity index (χ2v) is 7.75. The predicted molar refractivity (Wildman–Crippen MR) is 111 cm³/mol. The van der Waals surface area contributed by atoms with Crippen molar-refractivity contribution in [3.05, 3.63) is 60.4 Å². The van der Waals surface area contributed by atoms with Crippen molar-refractivity contribution in [2.24, 2.45) is 0 Å². The van der Waals surface area contributed by atoms with E-state index in [0.717, 1.165) is 22.8 Å². The zero-order valence-electron chi connectivity index (χ0n) is 16.5. The minimum atomic E-state index is -0.788. The van der Waals surface area contributed by atoms with Crippen LogP contribution in [-0.4, -0.2) is 32.4 Å². The maximum absolute atomic E-state index is 10.7. The smallest absolute Gasteiger partial charge is 0.303 e. The fraction of sp³-hybridized carbons (Fsp3) is 0.318. The normalized spacial score (nSPS) is 11.4. The lowest BCUT2D eigenvalue weighted by Gasteiger charge is -2.19. The van der Waals surface area contributed by atoms with Crippen molar-refractivity contribution in [3.8, 4) is 16.9 Å². The summed E-state index contributed by atoms with van der Waals surface area (Å²) >= 11 is 0. The summed E-state index contributed by atoms with van der Waals surface area (Å²) < 4.78 is 1.81. The van der Waals surface area contributed by atoms with Crippen LogP contribution < -0.4 is 5.32 Å². The highest BCUT2D eigenvalue weighted by molar-refractivity contribution is 5.70. The van der Waals surface area contributed by atoms with Crippen molar-refractivity contribution in [2.75, 3.05) is 11.9 Å². The number of carboxylic acid groups (broad SMARTS) is 1. The van der Waals surface area contributed by atoms with Gasteiger partial charge in [0.2, 0.25) is 0 Å². The van der Waals surface area contributed by atoms with E-state index in [9.17, 15) is 4.79 Å². The summed E-state index contributed by atoms with van der Waals surface area (Å²) in [7, 11) is 0. The van der Waals surface area contributed by atoms with Crippen LogP contribution in [0.3, 0.4) is 0 Å². The summed E-state index contributed by atoms with van der Waals surface area (Å²) in [5.74, 6) is 0.0227. The van der Waals surface area contributed by atoms with E-state index < -0.39 is 5.97 Å². The molecule has 0 bridgehead atoms. The molecule has 0 unspecified atom stereocenters. The van der Waals surface area contributed by atoms with E-state index in [2.05, 4.69) is 60.4 Å². The van der Waals surface area contributed by atoms with E-state index in [1.807, 2.05) is 18.2 Å². The molecule has 0 atom stereocenters. The van der Waals surface area contributed by atoms with Crippen LogP contribution in [0.1, 0.15) is 39.2 Å². The minimum absolute atomic E-state index is 0.0977. The van der Waals surface area contributed by atoms with Crippen LogP contribution >= 0.6 is 0 Å². The number of carboxylic acids is 1. The average molecular weight is 378 g/mol. The molecule has 1 aromatic carbocycles. The van der Waals surface area contributed by atoms with E-state index in [-0.39, 0.29) is 11.8 Å². The van der Waals surface area contributed by atoms with E-state index in [1.54, 1.807) is 17.1 Å². The number of aliphatic carboxylic acids is 1. The molecule has 6 heteroatoms. The Morgan fingerprint density at radius 1 is 1.11 bits per heavy atom. The molecule has 0 aliphatic carbocycles. The van der Waals surface area contributed by atoms with Crippen LogP contribution in [0.25, 0.3) is 16.9 Å². The standard InChI is InChI=1S/C22H26N4O2/c1-22(2,3)17-10-8-16(9-11-17)21-18(6-4-14-24-21)26-19(12-15-25-26)23-13-5-7-20(27)28/h4,6,8-12,14-15,23H,5,7,13H2,1-3H3,(H,27,28). The van der Waals surface area contributed by atoms with Crippen LogP contribution in [0.5, 0.6) is 0 Å². The van der Waals surface area contributed by atoms with Crippen LogP contribution in [0.2, 0.25) is 0 Å². The number of nitrogens with zero attached hydrogens (tertiary/aromatic N) is 3. The lowest BCUT2D eigenvalue weighted by molar-refractivity contribution is -0.137. The van der Waals surface area contributed by atoms with Crippen LogP contribution in [0.4, 0.5) is 5.82 Å². The molecule has 3 rings (SSSR count). The Morgan fingerprint density at radius 2 is 1.86 bits per heavy atom. The van der Waals surface area contributed by atoms with Gasteiger partial charge in [-0.05, 0) is 29.5 Å². The van der Waals surface area contributed by atoms with Gasteiger partial charge in [0.1, 0.15) is 5.82 Å². The minimum Gasteiger partial charge on any atom is -0.481 e. The van der Waals surface area contributed by atoms with Crippen molar-refractivity contribution in [1.82, 2.24) is 14.8 Å². The molecule has 0 spiro atoms. The highest BCUT2D eigenvalue weighted by Gasteiger charge is 2.15. The number of pyridine rings is 1. The quantitative estimate of drug-likeness (QED) is 0.591. The van der Waals surface area contributed by atoms with Crippen LogP contribution in [0, 0.1) is 0 Å². The number of aromatic nitrogens is 3. The first-order chi connectivity index (χ1) is 13.4. The van der Waals surface area contributed by atoms with Crippen molar-refractivity contribution < 1.29 is 9.90 Å². The summed E-state index contributed by atoms with van der Waals surface area (Å²) in [5, 5.41) is 16.5. The molecule has 0 aliphatic rings. The van der Waals surface area contributed by atoms with E-state index in [4.69, 9.17) is 5.11 Å². The summed E-state index contributed by atoms with van der Waals surface area (Å²) in [5.41, 5.74) is 4.11. The average Bonchev–Trinajstić information content (AvgIpc) is 3.13. The van der Waals surface area contributed by atoms with Gasteiger partial charge in [-0.15, -0.1) is 0 Å². The number of rotatable bonds is 7. The Kier molecular flexibility index (Phi) is 5.78. The molecule has 2 N–H and O–H groups in total. The zero-order valence-corrected chi connectivity index (χ0v) is 16.5. The van der Waals surface area contributed by atoms with Crippen molar-refractivity contribution in [2.45, 2.75) is 39.0 Å². The molecular weight excluding hydrogens is 352 g/mol. The maximum atomic E-state index is 10.7. The van der Waals surface area contributed by atoms with Crippen molar-refractivity contribution >= 4 is 11.8 Å². The van der Waals surface area contributed by atoms with Crippen LogP contribution in [0.15, 0.2) is 54.9 Å². The first kappa shape index (κ1) is 19.6. The van der Waals surface area contributed by atoms with E-state index in [1.165, 1.54) is 5.56 Å². The highest BCUT2D eigenvalue weighted by Crippen LogP contribution is 2.29. The molecule has 0 amide bonds. The van der Waals surface area contributed by atoms with Gasteiger partial charge in [-0.25, -0.2) is 4.68 Å². The maximum Gasteiger partial charge on any atom is 0.303 e. The molecule has 2 aromatic heterocycles. The fourth-order valence-corrected chi connectivity index (χ4v) is 3.00. The Labute approximate surface area is 165 Å². The van der Waals surface area contributed by atoms with E-state index in [0.29, 0.717) is 13.0 Å². The van der Waals surface area contributed by atoms with Crippen molar-refractivity contribution in [1.29, 1.82) is 0 Å². The molecule has 2 heterocycles. The second-order valence-electron chi connectivity index (χ2n) is 7.75. The lowest BCUT2D eigenvalue weighted by Crippen LogP contribution is -2.11. The Hall–Kier alpha value is -3.15. The zero-order chi connectivity index (χ0) is 20.1. The number of hydrogen-bond donors (Lipinski definition) is 2. The highest BCUT2D eigenvalue weighted by atomic mass is 16.4. The topological polar surface area (TPSA) is 80.0 Å². The van der Waals surface area contributed by atoms with Gasteiger partial charge in [-0.2, -0.15) is 5.10 Å². The molecule has 0 saturated heterocycles. The summed E-state index contributed by atoms with van der Waals surface area (Å²) in [6, 6.07) is 14.2. The van der Waals surface area contributed by atoms with Gasteiger partial charge in [0.25, 0.3) is 0 Å². The number of hydrogen-bond acceptors (Lipinski definition) is 4. The molecule has 0 saturated carbocycles. The molecule has 0 aliphatic heterocycles. The number of nitrogens with one attached hydrogen (secondary N) is 1. The van der Waals surface area contributed by atoms with Gasteiger partial charge in [0, 0.05) is 30.8 Å². The lowest BCUT2D eigenvalue weighted by atomic mass is 9.86. The fourth-order valence-electron chi connectivity index (χ4n) is 3.00. The molecule has 6 nitrogen and oxygen atoms in total. The molecule has 146 valence electrons. The van der Waals surface area contributed by atoms with Gasteiger partial charge < -0.3 is 10.4 Å². The number of anilines is 1. The molecule has 0 radical (unpaired) electrons. The summed E-state index contributed by atoms with van der Waals surface area (Å²) in [6.45, 7) is 7.15. The SMILES string of the molecule is CC(C)(C)c1ccc(-c2ncccc2-n2nccc2NCCCC(=O)O)cc1. The molecule has 3 aromatic rings. The molecule has 28 heavy (non-hydrogen) atoms. The summed E-state index contributed by atoms with van der Waals surface area (Å²) in [4.78, 5) is 15.3. The van der Waals surface area contributed by atoms with Gasteiger partial charge in [0.05, 0.1) is 17.6 Å². The third-order valence-electron chi connectivity index (χ3n) is 4.56. The Balaban J connectivity index is 1.87.